The van der Waals surface area contributed by atoms with Crippen LogP contribution in [0.2, 0.25) is 0 Å². The van der Waals surface area contributed by atoms with Crippen LogP contribution >= 0.6 is 23.1 Å². The lowest BCUT2D eigenvalue weighted by atomic mass is 10.1. The summed E-state index contributed by atoms with van der Waals surface area (Å²) in [5.74, 6) is 0.666. The molecule has 0 aliphatic heterocycles. The van der Waals surface area contributed by atoms with Crippen LogP contribution in [0.3, 0.4) is 0 Å². The summed E-state index contributed by atoms with van der Waals surface area (Å²) < 4.78 is 0. The van der Waals surface area contributed by atoms with Crippen molar-refractivity contribution in [1.29, 1.82) is 0 Å². The number of carbonyl (C=O) groups is 2. The number of aryl methyl sites for hydroxylation is 1. The second-order valence-corrected chi connectivity index (χ2v) is 8.72. The zero-order valence-electron chi connectivity index (χ0n) is 16.6. The first-order valence-electron chi connectivity index (χ1n) is 9.16. The Balaban J connectivity index is 1.56. The van der Waals surface area contributed by atoms with E-state index in [1.807, 2.05) is 43.3 Å². The molecule has 1 N–H and O–H groups in total. The van der Waals surface area contributed by atoms with E-state index in [1.54, 1.807) is 54.2 Å². The monoisotopic (exact) mass is 425 g/mol. The second kappa shape index (κ2) is 9.71. The molecule has 0 aliphatic carbocycles. The molecule has 0 aliphatic rings. The van der Waals surface area contributed by atoms with Crippen molar-refractivity contribution >= 4 is 34.9 Å². The number of amides is 2. The van der Waals surface area contributed by atoms with Crippen LogP contribution in [-0.2, 0) is 12.3 Å². The molecule has 0 unspecified atom stereocenters. The molecule has 2 amide bonds. The van der Waals surface area contributed by atoms with Crippen molar-refractivity contribution in [1.82, 2.24) is 15.2 Å². The number of aromatic nitrogens is 1. The van der Waals surface area contributed by atoms with Crippen LogP contribution in [0.1, 0.15) is 37.0 Å². The fraction of sp³-hybridized carbons (Fsp3) is 0.227. The van der Waals surface area contributed by atoms with Crippen molar-refractivity contribution in [3.8, 4) is 0 Å². The maximum Gasteiger partial charge on any atom is 0.253 e. The molecule has 0 spiro atoms. The molecule has 5 nitrogen and oxygen atoms in total. The fourth-order valence-corrected chi connectivity index (χ4v) is 4.31. The molecule has 0 bridgehead atoms. The Hall–Kier alpha value is -2.64. The van der Waals surface area contributed by atoms with Crippen molar-refractivity contribution < 1.29 is 9.59 Å². The second-order valence-electron chi connectivity index (χ2n) is 6.61. The maximum absolute atomic E-state index is 12.7. The van der Waals surface area contributed by atoms with E-state index in [2.05, 4.69) is 15.7 Å². The number of carbonyl (C=O) groups excluding carboxylic acids is 2. The number of rotatable bonds is 7. The molecule has 3 rings (SSSR count). The normalized spacial score (nSPS) is 10.6. The Bertz CT molecular complexity index is 982. The van der Waals surface area contributed by atoms with Gasteiger partial charge in [0.1, 0.15) is 0 Å². The summed E-state index contributed by atoms with van der Waals surface area (Å²) in [4.78, 5) is 31.6. The van der Waals surface area contributed by atoms with Crippen molar-refractivity contribution in [2.45, 2.75) is 24.1 Å². The van der Waals surface area contributed by atoms with Gasteiger partial charge in [0.05, 0.1) is 10.7 Å². The van der Waals surface area contributed by atoms with Gasteiger partial charge in [0.2, 0.25) is 0 Å². The topological polar surface area (TPSA) is 62.3 Å². The van der Waals surface area contributed by atoms with Crippen LogP contribution in [0, 0.1) is 6.92 Å². The van der Waals surface area contributed by atoms with Gasteiger partial charge in [-0.2, -0.15) is 0 Å². The van der Waals surface area contributed by atoms with E-state index < -0.39 is 0 Å². The van der Waals surface area contributed by atoms with E-state index in [9.17, 15) is 9.59 Å². The Morgan fingerprint density at radius 3 is 2.31 bits per heavy atom. The average molecular weight is 426 g/mol. The quantitative estimate of drug-likeness (QED) is 0.571. The molecule has 150 valence electrons. The van der Waals surface area contributed by atoms with Gasteiger partial charge in [0.25, 0.3) is 11.8 Å². The van der Waals surface area contributed by atoms with Crippen molar-refractivity contribution in [3.05, 3.63) is 81.3 Å². The summed E-state index contributed by atoms with van der Waals surface area (Å²) >= 11 is 3.37. The van der Waals surface area contributed by atoms with Crippen LogP contribution < -0.4 is 5.32 Å². The minimum absolute atomic E-state index is 0.0351. The minimum atomic E-state index is -0.121. The Labute approximate surface area is 179 Å². The van der Waals surface area contributed by atoms with Crippen LogP contribution in [0.15, 0.2) is 58.8 Å². The first-order chi connectivity index (χ1) is 14.0. The van der Waals surface area contributed by atoms with Crippen LogP contribution in [0.4, 0.5) is 0 Å². The SMILES string of the molecule is CNC(=O)c1ccc(CN(C)C(=O)c2ccc(SCc3csc(C)n3)cc2)cc1. The van der Waals surface area contributed by atoms with Gasteiger partial charge in [0, 0.05) is 47.8 Å². The van der Waals surface area contributed by atoms with E-state index in [0.717, 1.165) is 26.9 Å². The molecule has 7 heteroatoms. The highest BCUT2D eigenvalue weighted by atomic mass is 32.2. The number of benzene rings is 2. The standard InChI is InChI=1S/C22H23N3O2S2/c1-15-24-19(13-28-15)14-29-20-10-8-18(9-11-20)22(27)25(3)12-16-4-6-17(7-5-16)21(26)23-2/h4-11,13H,12,14H2,1-3H3,(H,23,26). The molecule has 1 aromatic heterocycles. The molecule has 29 heavy (non-hydrogen) atoms. The average Bonchev–Trinajstić information content (AvgIpc) is 3.17. The van der Waals surface area contributed by atoms with Crippen molar-refractivity contribution in [2.75, 3.05) is 14.1 Å². The van der Waals surface area contributed by atoms with Crippen LogP contribution in [-0.4, -0.2) is 35.8 Å². The molecule has 0 atom stereocenters. The Morgan fingerprint density at radius 2 is 1.72 bits per heavy atom. The van der Waals surface area contributed by atoms with Crippen LogP contribution in [0.25, 0.3) is 0 Å². The Kier molecular flexibility index (Phi) is 7.06. The molecule has 0 fully saturated rings. The van der Waals surface area contributed by atoms with Gasteiger partial charge >= 0.3 is 0 Å². The zero-order chi connectivity index (χ0) is 20.8. The van der Waals surface area contributed by atoms with E-state index in [4.69, 9.17) is 0 Å². The maximum atomic E-state index is 12.7. The van der Waals surface area contributed by atoms with E-state index in [0.29, 0.717) is 17.7 Å². The smallest absolute Gasteiger partial charge is 0.253 e. The third-order valence-electron chi connectivity index (χ3n) is 4.36. The Morgan fingerprint density at radius 1 is 1.07 bits per heavy atom. The van der Waals surface area contributed by atoms with Gasteiger partial charge in [-0.25, -0.2) is 4.98 Å². The molecule has 0 radical (unpaired) electrons. The third kappa shape index (κ3) is 5.68. The molecule has 2 aromatic carbocycles. The summed E-state index contributed by atoms with van der Waals surface area (Å²) in [6.07, 6.45) is 0. The van der Waals surface area contributed by atoms with Gasteiger partial charge in [-0.05, 0) is 48.9 Å². The first-order valence-corrected chi connectivity index (χ1v) is 11.0. The summed E-state index contributed by atoms with van der Waals surface area (Å²) in [5.41, 5.74) is 3.31. The fourth-order valence-electron chi connectivity index (χ4n) is 2.80. The number of thioether (sulfide) groups is 1. The van der Waals surface area contributed by atoms with Gasteiger partial charge in [0.15, 0.2) is 0 Å². The minimum Gasteiger partial charge on any atom is -0.355 e. The zero-order valence-corrected chi connectivity index (χ0v) is 18.3. The lowest BCUT2D eigenvalue weighted by Crippen LogP contribution is -2.26. The number of thiazole rings is 1. The van der Waals surface area contributed by atoms with E-state index in [1.165, 1.54) is 0 Å². The molecule has 1 heterocycles. The number of nitrogens with zero attached hydrogens (tertiary/aromatic N) is 2. The molecule has 3 aromatic rings. The first kappa shape index (κ1) is 21.1. The largest absolute Gasteiger partial charge is 0.355 e. The van der Waals surface area contributed by atoms with E-state index in [-0.39, 0.29) is 11.8 Å². The predicted octanol–water partition coefficient (Wildman–Crippen LogP) is 4.38. The number of hydrogen-bond donors (Lipinski definition) is 1. The van der Waals surface area contributed by atoms with Gasteiger partial charge in [-0.1, -0.05) is 12.1 Å². The predicted molar refractivity (Wildman–Crippen MR) is 118 cm³/mol. The van der Waals surface area contributed by atoms with E-state index >= 15 is 0 Å². The van der Waals surface area contributed by atoms with Gasteiger partial charge in [-0.15, -0.1) is 23.1 Å². The van der Waals surface area contributed by atoms with Crippen molar-refractivity contribution in [2.24, 2.45) is 0 Å². The highest BCUT2D eigenvalue weighted by Crippen LogP contribution is 2.24. The highest BCUT2D eigenvalue weighted by Gasteiger charge is 2.13. The number of hydrogen-bond acceptors (Lipinski definition) is 5. The summed E-state index contributed by atoms with van der Waals surface area (Å²) in [7, 11) is 3.38. The van der Waals surface area contributed by atoms with Crippen LogP contribution in [0.5, 0.6) is 0 Å². The lowest BCUT2D eigenvalue weighted by molar-refractivity contribution is 0.0784. The van der Waals surface area contributed by atoms with Crippen molar-refractivity contribution in [3.63, 3.8) is 0 Å². The van der Waals surface area contributed by atoms with Gasteiger partial charge in [-0.3, -0.25) is 9.59 Å². The molecular weight excluding hydrogens is 402 g/mol. The summed E-state index contributed by atoms with van der Waals surface area (Å²) in [6.45, 7) is 2.48. The highest BCUT2D eigenvalue weighted by molar-refractivity contribution is 7.98. The molecule has 0 saturated heterocycles. The number of nitrogens with one attached hydrogen (secondary N) is 1. The third-order valence-corrected chi connectivity index (χ3v) is 6.23. The molecule has 0 saturated carbocycles. The lowest BCUT2D eigenvalue weighted by Gasteiger charge is -2.17. The summed E-state index contributed by atoms with van der Waals surface area (Å²) in [5, 5.41) is 5.75. The molecular formula is C22H23N3O2S2. The van der Waals surface area contributed by atoms with Gasteiger partial charge < -0.3 is 10.2 Å². The summed E-state index contributed by atoms with van der Waals surface area (Å²) in [6, 6.07) is 14.9.